The molecular formula is C23H25FN4O3S. The van der Waals surface area contributed by atoms with Crippen LogP contribution in [0, 0.1) is 5.82 Å². The summed E-state index contributed by atoms with van der Waals surface area (Å²) in [7, 11) is 0. The van der Waals surface area contributed by atoms with E-state index in [-0.39, 0.29) is 23.4 Å². The molecule has 0 atom stereocenters. The number of ether oxygens (including phenoxy) is 2. The molecule has 1 amide bonds. The number of aromatic nitrogens is 3. The van der Waals surface area contributed by atoms with Gasteiger partial charge in [-0.05, 0) is 43.7 Å². The van der Waals surface area contributed by atoms with E-state index >= 15 is 0 Å². The molecule has 0 fully saturated rings. The maximum Gasteiger partial charge on any atom is 0.234 e. The third kappa shape index (κ3) is 5.21. The van der Waals surface area contributed by atoms with Crippen LogP contribution in [0.2, 0.25) is 0 Å². The molecular weight excluding hydrogens is 431 g/mol. The lowest BCUT2D eigenvalue weighted by Gasteiger charge is -2.14. The molecule has 168 valence electrons. The summed E-state index contributed by atoms with van der Waals surface area (Å²) in [6, 6.07) is 12.1. The monoisotopic (exact) mass is 456 g/mol. The summed E-state index contributed by atoms with van der Waals surface area (Å²) in [4.78, 5) is 12.3. The van der Waals surface area contributed by atoms with E-state index in [1.54, 1.807) is 12.1 Å². The molecule has 3 aromatic rings. The maximum atomic E-state index is 13.8. The van der Waals surface area contributed by atoms with Gasteiger partial charge in [0.25, 0.3) is 0 Å². The van der Waals surface area contributed by atoms with Crippen molar-refractivity contribution < 1.29 is 18.7 Å². The summed E-state index contributed by atoms with van der Waals surface area (Å²) in [5.41, 5.74) is 1.20. The van der Waals surface area contributed by atoms with Crippen molar-refractivity contribution in [3.8, 4) is 11.5 Å². The Morgan fingerprint density at radius 1 is 1.16 bits per heavy atom. The lowest BCUT2D eigenvalue weighted by Crippen LogP contribution is -2.16. The Balaban J connectivity index is 1.45. The van der Waals surface area contributed by atoms with E-state index in [9.17, 15) is 9.18 Å². The zero-order chi connectivity index (χ0) is 22.5. The van der Waals surface area contributed by atoms with Gasteiger partial charge in [0.05, 0.1) is 24.7 Å². The second-order valence-corrected chi connectivity index (χ2v) is 8.63. The van der Waals surface area contributed by atoms with E-state index in [1.165, 1.54) is 23.9 Å². The molecule has 0 spiro atoms. The predicted octanol–water partition coefficient (Wildman–Crippen LogP) is 4.48. The largest absolute Gasteiger partial charge is 0.490 e. The molecule has 0 saturated heterocycles. The van der Waals surface area contributed by atoms with Crippen LogP contribution in [0.15, 0.2) is 47.6 Å². The first kappa shape index (κ1) is 22.1. The Bertz CT molecular complexity index is 1100. The highest BCUT2D eigenvalue weighted by Crippen LogP contribution is 2.31. The normalized spacial score (nSPS) is 13.1. The second-order valence-electron chi connectivity index (χ2n) is 7.69. The van der Waals surface area contributed by atoms with Crippen LogP contribution in [0.25, 0.3) is 0 Å². The molecule has 0 radical (unpaired) electrons. The molecule has 0 unspecified atom stereocenters. The third-order valence-corrected chi connectivity index (χ3v) is 5.85. The molecule has 1 aliphatic rings. The van der Waals surface area contributed by atoms with Crippen LogP contribution >= 0.6 is 11.8 Å². The first-order chi connectivity index (χ1) is 15.5. The SMILES string of the molecule is CC(C)n1c(Cc2ccc3c(c2)OCCCO3)nnc1SCC(=O)Nc1ccccc1F. The number of halogens is 1. The molecule has 2 heterocycles. The zero-order valence-electron chi connectivity index (χ0n) is 18.0. The smallest absolute Gasteiger partial charge is 0.234 e. The number of amides is 1. The Labute approximate surface area is 190 Å². The molecule has 7 nitrogen and oxygen atoms in total. The molecule has 0 bridgehead atoms. The second kappa shape index (κ2) is 10.0. The van der Waals surface area contributed by atoms with Crippen molar-refractivity contribution >= 4 is 23.4 Å². The van der Waals surface area contributed by atoms with Gasteiger partial charge in [-0.3, -0.25) is 4.79 Å². The van der Waals surface area contributed by atoms with Crippen molar-refractivity contribution in [3.63, 3.8) is 0 Å². The number of anilines is 1. The van der Waals surface area contributed by atoms with Crippen molar-refractivity contribution in [2.75, 3.05) is 24.3 Å². The molecule has 0 saturated carbocycles. The van der Waals surface area contributed by atoms with Gasteiger partial charge in [0, 0.05) is 18.9 Å². The lowest BCUT2D eigenvalue weighted by atomic mass is 10.1. The maximum absolute atomic E-state index is 13.8. The summed E-state index contributed by atoms with van der Waals surface area (Å²) in [5, 5.41) is 11.9. The van der Waals surface area contributed by atoms with E-state index in [1.807, 2.05) is 36.6 Å². The van der Waals surface area contributed by atoms with Gasteiger partial charge in [-0.25, -0.2) is 4.39 Å². The number of fused-ring (bicyclic) bond motifs is 1. The van der Waals surface area contributed by atoms with Gasteiger partial charge in [0.1, 0.15) is 11.6 Å². The number of nitrogens with one attached hydrogen (secondary N) is 1. The number of para-hydroxylation sites is 1. The average molecular weight is 457 g/mol. The van der Waals surface area contributed by atoms with E-state index in [4.69, 9.17) is 9.47 Å². The Kier molecular flexibility index (Phi) is 6.94. The molecule has 1 aliphatic heterocycles. The minimum atomic E-state index is -0.464. The van der Waals surface area contributed by atoms with E-state index < -0.39 is 5.82 Å². The topological polar surface area (TPSA) is 78.3 Å². The van der Waals surface area contributed by atoms with Crippen molar-refractivity contribution in [1.82, 2.24) is 14.8 Å². The summed E-state index contributed by atoms with van der Waals surface area (Å²) in [6.45, 7) is 5.38. The van der Waals surface area contributed by atoms with Crippen LogP contribution in [0.3, 0.4) is 0 Å². The summed E-state index contributed by atoms with van der Waals surface area (Å²) in [6.07, 6.45) is 1.43. The zero-order valence-corrected chi connectivity index (χ0v) is 18.8. The van der Waals surface area contributed by atoms with Crippen molar-refractivity contribution in [3.05, 3.63) is 59.7 Å². The molecule has 9 heteroatoms. The minimum absolute atomic E-state index is 0.100. The number of carbonyl (C=O) groups is 1. The Morgan fingerprint density at radius 3 is 2.72 bits per heavy atom. The van der Waals surface area contributed by atoms with Crippen LogP contribution < -0.4 is 14.8 Å². The van der Waals surface area contributed by atoms with E-state index in [0.717, 1.165) is 29.3 Å². The summed E-state index contributed by atoms with van der Waals surface area (Å²) in [5.74, 6) is 1.63. The molecule has 2 aromatic carbocycles. The van der Waals surface area contributed by atoms with Crippen LogP contribution in [-0.2, 0) is 11.2 Å². The van der Waals surface area contributed by atoms with Gasteiger partial charge >= 0.3 is 0 Å². The van der Waals surface area contributed by atoms with Gasteiger partial charge in [0.15, 0.2) is 16.7 Å². The molecule has 32 heavy (non-hydrogen) atoms. The number of hydrogen-bond donors (Lipinski definition) is 1. The summed E-state index contributed by atoms with van der Waals surface area (Å²) >= 11 is 1.28. The molecule has 4 rings (SSSR count). The lowest BCUT2D eigenvalue weighted by molar-refractivity contribution is -0.113. The van der Waals surface area contributed by atoms with Crippen LogP contribution in [0.5, 0.6) is 11.5 Å². The van der Waals surface area contributed by atoms with Crippen LogP contribution in [0.4, 0.5) is 10.1 Å². The highest BCUT2D eigenvalue weighted by Gasteiger charge is 2.18. The fraction of sp³-hybridized carbons (Fsp3) is 0.348. The number of thioether (sulfide) groups is 1. The van der Waals surface area contributed by atoms with Crippen molar-refractivity contribution in [2.45, 2.75) is 37.9 Å². The fourth-order valence-corrected chi connectivity index (χ4v) is 4.31. The molecule has 1 aromatic heterocycles. The highest BCUT2D eigenvalue weighted by atomic mass is 32.2. The first-order valence-electron chi connectivity index (χ1n) is 10.5. The average Bonchev–Trinajstić information content (AvgIpc) is 3.02. The number of rotatable bonds is 7. The number of benzene rings is 2. The first-order valence-corrected chi connectivity index (χ1v) is 11.5. The predicted molar refractivity (Wildman–Crippen MR) is 121 cm³/mol. The molecule has 1 N–H and O–H groups in total. The Morgan fingerprint density at radius 2 is 1.94 bits per heavy atom. The summed E-state index contributed by atoms with van der Waals surface area (Å²) < 4.78 is 27.3. The third-order valence-electron chi connectivity index (χ3n) is 4.91. The number of hydrogen-bond acceptors (Lipinski definition) is 6. The Hall–Kier alpha value is -3.07. The van der Waals surface area contributed by atoms with Crippen molar-refractivity contribution in [2.24, 2.45) is 0 Å². The van der Waals surface area contributed by atoms with Gasteiger partial charge < -0.3 is 19.4 Å². The quantitative estimate of drug-likeness (QED) is 0.528. The minimum Gasteiger partial charge on any atom is -0.490 e. The van der Waals surface area contributed by atoms with E-state index in [2.05, 4.69) is 15.5 Å². The van der Waals surface area contributed by atoms with E-state index in [0.29, 0.717) is 24.8 Å². The van der Waals surface area contributed by atoms with Gasteiger partial charge in [0.2, 0.25) is 5.91 Å². The van der Waals surface area contributed by atoms with Gasteiger partial charge in [-0.1, -0.05) is 30.0 Å². The van der Waals surface area contributed by atoms with Gasteiger partial charge in [-0.15, -0.1) is 10.2 Å². The van der Waals surface area contributed by atoms with Crippen molar-refractivity contribution in [1.29, 1.82) is 0 Å². The number of nitrogens with zero attached hydrogens (tertiary/aromatic N) is 3. The van der Waals surface area contributed by atoms with Crippen LogP contribution in [-0.4, -0.2) is 39.6 Å². The standard InChI is InChI=1S/C23H25FN4O3S/c1-15(2)28-21(13-16-8-9-19-20(12-16)31-11-5-10-30-19)26-27-23(28)32-14-22(29)25-18-7-4-3-6-17(18)24/h3-4,6-9,12,15H,5,10-11,13-14H2,1-2H3,(H,25,29). The number of carbonyl (C=O) groups excluding carboxylic acids is 1. The van der Waals surface area contributed by atoms with Crippen LogP contribution in [0.1, 0.15) is 37.7 Å². The highest BCUT2D eigenvalue weighted by molar-refractivity contribution is 7.99. The fourth-order valence-electron chi connectivity index (χ4n) is 3.42. The molecule has 0 aliphatic carbocycles. The van der Waals surface area contributed by atoms with Gasteiger partial charge in [-0.2, -0.15) is 0 Å².